The fraction of sp³-hybridized carbons (Fsp3) is 0.200. The molecule has 3 aromatic carbocycles. The largest absolute Gasteiger partial charge is 0.394 e. The fourth-order valence-electron chi connectivity index (χ4n) is 5.94. The molecule has 2 aliphatic rings. The number of hydrogen-bond donors (Lipinski definition) is 3. The van der Waals surface area contributed by atoms with Crippen LogP contribution in [0.1, 0.15) is 34.6 Å². The normalized spacial score (nSPS) is 20.1. The van der Waals surface area contributed by atoms with Gasteiger partial charge in [0.2, 0.25) is 0 Å². The first kappa shape index (κ1) is 17.9. The highest BCUT2D eigenvalue weighted by atomic mass is 16.5. The maximum absolute atomic E-state index is 13.2. The highest BCUT2D eigenvalue weighted by Gasteiger charge is 2.38. The Balaban J connectivity index is 1.91. The van der Waals surface area contributed by atoms with Gasteiger partial charge in [0, 0.05) is 46.2 Å². The highest BCUT2D eigenvalue weighted by molar-refractivity contribution is 6.40. The average Bonchev–Trinajstić information content (AvgIpc) is 3.39. The van der Waals surface area contributed by atoms with Crippen LogP contribution in [0.25, 0.3) is 43.6 Å². The SMILES string of the molecule is CO[C@H]1CC(CO)n2c3ccccc3c3c4c(c5c6ccccc6n1c5c32)C(=N)NC4=O. The van der Waals surface area contributed by atoms with Gasteiger partial charge in [-0.1, -0.05) is 36.4 Å². The van der Waals surface area contributed by atoms with E-state index < -0.39 is 0 Å². The van der Waals surface area contributed by atoms with Gasteiger partial charge in [0.1, 0.15) is 12.1 Å². The molecule has 7 heteroatoms. The van der Waals surface area contributed by atoms with Gasteiger partial charge >= 0.3 is 0 Å². The zero-order chi connectivity index (χ0) is 21.7. The van der Waals surface area contributed by atoms with Crippen LogP contribution in [0.15, 0.2) is 48.5 Å². The van der Waals surface area contributed by atoms with Crippen LogP contribution in [0.2, 0.25) is 0 Å². The summed E-state index contributed by atoms with van der Waals surface area (Å²) in [5.41, 5.74) is 5.01. The number of carbonyl (C=O) groups is 1. The molecule has 2 aliphatic heterocycles. The summed E-state index contributed by atoms with van der Waals surface area (Å²) < 4.78 is 10.3. The molecule has 4 heterocycles. The monoisotopic (exact) mass is 424 g/mol. The van der Waals surface area contributed by atoms with Crippen LogP contribution in [0.5, 0.6) is 0 Å². The van der Waals surface area contributed by atoms with E-state index in [-0.39, 0.29) is 30.6 Å². The lowest BCUT2D eigenvalue weighted by atomic mass is 9.96. The third-order valence-corrected chi connectivity index (χ3v) is 7.12. The first-order valence-corrected chi connectivity index (χ1v) is 10.7. The smallest absolute Gasteiger partial charge is 0.258 e. The summed E-state index contributed by atoms with van der Waals surface area (Å²) in [5, 5.41) is 25.5. The van der Waals surface area contributed by atoms with Crippen molar-refractivity contribution in [1.29, 1.82) is 5.41 Å². The number of amides is 1. The summed E-state index contributed by atoms with van der Waals surface area (Å²) in [6, 6.07) is 15.9. The predicted octanol–water partition coefficient (Wildman–Crippen LogP) is 4.05. The van der Waals surface area contributed by atoms with Gasteiger partial charge in [0.25, 0.3) is 5.91 Å². The number of hydrogen-bond acceptors (Lipinski definition) is 4. The Morgan fingerprint density at radius 3 is 2.25 bits per heavy atom. The van der Waals surface area contributed by atoms with Crippen molar-refractivity contribution in [2.75, 3.05) is 13.7 Å². The fourth-order valence-corrected chi connectivity index (χ4v) is 5.94. The highest BCUT2D eigenvalue weighted by Crippen LogP contribution is 2.49. The number of rotatable bonds is 2. The van der Waals surface area contributed by atoms with Gasteiger partial charge in [-0.15, -0.1) is 0 Å². The molecule has 2 atom stereocenters. The molecular weight excluding hydrogens is 404 g/mol. The van der Waals surface area contributed by atoms with Crippen molar-refractivity contribution in [2.45, 2.75) is 18.7 Å². The second-order valence-electron chi connectivity index (χ2n) is 8.56. The third kappa shape index (κ3) is 1.90. The first-order chi connectivity index (χ1) is 15.7. The molecule has 5 aromatic rings. The molecule has 7 rings (SSSR count). The number of amidine groups is 1. The second-order valence-corrected chi connectivity index (χ2v) is 8.56. The van der Waals surface area contributed by atoms with Gasteiger partial charge in [-0.05, 0) is 12.1 Å². The van der Waals surface area contributed by atoms with Crippen molar-refractivity contribution in [2.24, 2.45) is 0 Å². The zero-order valence-electron chi connectivity index (χ0n) is 17.3. The van der Waals surface area contributed by atoms with Crippen LogP contribution < -0.4 is 5.32 Å². The Labute approximate surface area is 182 Å². The number of methoxy groups -OCH3 is 1. The van der Waals surface area contributed by atoms with Crippen LogP contribution in [-0.2, 0) is 4.74 Å². The Kier molecular flexibility index (Phi) is 3.35. The number of nitrogens with zero attached hydrogens (tertiary/aromatic N) is 2. The predicted molar refractivity (Wildman–Crippen MR) is 124 cm³/mol. The summed E-state index contributed by atoms with van der Waals surface area (Å²) in [6.07, 6.45) is 0.283. The summed E-state index contributed by atoms with van der Waals surface area (Å²) in [6.45, 7) is -0.0446. The van der Waals surface area contributed by atoms with Gasteiger partial charge < -0.3 is 24.3 Å². The van der Waals surface area contributed by atoms with Crippen LogP contribution in [0.4, 0.5) is 0 Å². The van der Waals surface area contributed by atoms with Crippen molar-refractivity contribution >= 4 is 55.4 Å². The number of para-hydroxylation sites is 2. The van der Waals surface area contributed by atoms with Gasteiger partial charge in [-0.3, -0.25) is 10.2 Å². The lowest BCUT2D eigenvalue weighted by molar-refractivity contribution is 0.0264. The molecule has 32 heavy (non-hydrogen) atoms. The van der Waals surface area contributed by atoms with Crippen LogP contribution >= 0.6 is 0 Å². The van der Waals surface area contributed by atoms with Gasteiger partial charge in [-0.25, -0.2) is 0 Å². The number of aromatic nitrogens is 2. The number of benzene rings is 3. The number of carbonyl (C=O) groups excluding carboxylic acids is 1. The van der Waals surface area contributed by atoms with Gasteiger partial charge in [0.15, 0.2) is 0 Å². The summed E-state index contributed by atoms with van der Waals surface area (Å²) in [4.78, 5) is 13.2. The Morgan fingerprint density at radius 1 is 1.00 bits per heavy atom. The number of fused-ring (bicyclic) bond motifs is 9. The molecule has 1 unspecified atom stereocenters. The Hall–Kier alpha value is -3.68. The van der Waals surface area contributed by atoms with E-state index in [0.29, 0.717) is 17.5 Å². The lowest BCUT2D eigenvalue weighted by Crippen LogP contribution is -2.20. The number of aliphatic hydroxyl groups is 1. The molecule has 0 fully saturated rings. The minimum Gasteiger partial charge on any atom is -0.394 e. The third-order valence-electron chi connectivity index (χ3n) is 7.12. The molecule has 7 nitrogen and oxygen atoms in total. The average molecular weight is 424 g/mol. The molecule has 158 valence electrons. The second kappa shape index (κ2) is 5.97. The van der Waals surface area contributed by atoms with E-state index in [1.807, 2.05) is 42.5 Å². The lowest BCUT2D eigenvalue weighted by Gasteiger charge is -2.23. The van der Waals surface area contributed by atoms with Crippen LogP contribution in [-0.4, -0.2) is 39.7 Å². The molecule has 1 amide bonds. The van der Waals surface area contributed by atoms with E-state index in [2.05, 4.69) is 20.5 Å². The summed E-state index contributed by atoms with van der Waals surface area (Å²) in [5.74, 6) is -0.122. The van der Waals surface area contributed by atoms with E-state index in [4.69, 9.17) is 10.1 Å². The molecule has 0 saturated carbocycles. The molecule has 0 bridgehead atoms. The molecule has 0 aliphatic carbocycles. The number of nitrogens with one attached hydrogen (secondary N) is 2. The standard InChI is InChI=1S/C25H20N4O3/c1-32-17-10-12(11-30)28-15-8-4-2-6-13(15)19-21-20(24(26)27-25(21)31)18-14-7-3-5-9-16(14)29(17)23(18)22(19)28/h2-9,12,17,30H,10-11H2,1H3,(H2,26,27,31)/t12?,17-/m0/s1. The van der Waals surface area contributed by atoms with E-state index in [1.165, 1.54) is 0 Å². The minimum absolute atomic E-state index is 0.0446. The molecular formula is C25H20N4O3. The summed E-state index contributed by atoms with van der Waals surface area (Å²) in [7, 11) is 1.69. The topological polar surface area (TPSA) is 92.3 Å². The number of aliphatic hydroxyl groups excluding tert-OH is 1. The van der Waals surface area contributed by atoms with Gasteiger partial charge in [0.05, 0.1) is 34.8 Å². The molecule has 3 N–H and O–H groups in total. The molecule has 0 spiro atoms. The van der Waals surface area contributed by atoms with Crippen molar-refractivity contribution in [1.82, 2.24) is 14.5 Å². The summed E-state index contributed by atoms with van der Waals surface area (Å²) >= 11 is 0. The molecule has 0 radical (unpaired) electrons. The zero-order valence-corrected chi connectivity index (χ0v) is 17.3. The maximum atomic E-state index is 13.2. The van der Waals surface area contributed by atoms with Crippen molar-refractivity contribution in [3.63, 3.8) is 0 Å². The quantitative estimate of drug-likeness (QED) is 0.399. The first-order valence-electron chi connectivity index (χ1n) is 10.7. The maximum Gasteiger partial charge on any atom is 0.258 e. The van der Waals surface area contributed by atoms with E-state index in [9.17, 15) is 9.90 Å². The Bertz CT molecular complexity index is 1540. The van der Waals surface area contributed by atoms with E-state index in [0.717, 1.165) is 43.6 Å². The van der Waals surface area contributed by atoms with Crippen LogP contribution in [0, 0.1) is 5.41 Å². The number of ether oxygens (including phenoxy) is 1. The molecule has 0 saturated heterocycles. The van der Waals surface area contributed by atoms with E-state index >= 15 is 0 Å². The van der Waals surface area contributed by atoms with E-state index in [1.54, 1.807) is 7.11 Å². The molecule has 2 aromatic heterocycles. The van der Waals surface area contributed by atoms with Gasteiger partial charge in [-0.2, -0.15) is 0 Å². The van der Waals surface area contributed by atoms with Crippen molar-refractivity contribution < 1.29 is 14.6 Å². The Morgan fingerprint density at radius 2 is 1.59 bits per heavy atom. The van der Waals surface area contributed by atoms with Crippen molar-refractivity contribution in [3.05, 3.63) is 59.7 Å². The van der Waals surface area contributed by atoms with Crippen molar-refractivity contribution in [3.8, 4) is 0 Å². The van der Waals surface area contributed by atoms with Crippen LogP contribution in [0.3, 0.4) is 0 Å². The minimum atomic E-state index is -0.297.